The van der Waals surface area contributed by atoms with Crippen molar-refractivity contribution in [2.24, 2.45) is 5.92 Å². The number of nitrogens with zero attached hydrogens (tertiary/aromatic N) is 6. The Morgan fingerprint density at radius 3 is 2.89 bits per heavy atom. The molecule has 1 saturated carbocycles. The summed E-state index contributed by atoms with van der Waals surface area (Å²) in [7, 11) is 0. The molecule has 0 spiro atoms. The van der Waals surface area contributed by atoms with Gasteiger partial charge in [-0.2, -0.15) is 5.10 Å². The van der Waals surface area contributed by atoms with Crippen molar-refractivity contribution >= 4 is 11.8 Å². The number of hydrogen-bond acceptors (Lipinski definition) is 7. The van der Waals surface area contributed by atoms with E-state index in [0.717, 1.165) is 18.5 Å². The van der Waals surface area contributed by atoms with Gasteiger partial charge in [-0.3, -0.25) is 14.3 Å². The van der Waals surface area contributed by atoms with E-state index in [0.29, 0.717) is 25.8 Å². The molecule has 0 bridgehead atoms. The SMILES string of the molecule is CCCn1cc(CNC(=O)[C@H]2CC[C@H](NC(=O)Cn3cnnn3)[C@@H](O)C2)cn1. The lowest BCUT2D eigenvalue weighted by atomic mass is 9.83. The standard InChI is InChI=1S/C17H26N8O3/c1-2-5-24-9-12(8-20-24)7-18-17(28)13-3-4-14(15(26)6-13)21-16(27)10-25-11-19-22-23-25/h8-9,11,13-15,26H,2-7,10H2,1H3,(H,18,28)(H,21,27)/t13-,14-,15-/m0/s1. The Morgan fingerprint density at radius 1 is 1.32 bits per heavy atom. The minimum atomic E-state index is -0.769. The third-order valence-corrected chi connectivity index (χ3v) is 4.84. The van der Waals surface area contributed by atoms with Crippen LogP contribution in [-0.4, -0.2) is 59.1 Å². The highest BCUT2D eigenvalue weighted by atomic mass is 16.3. The molecule has 2 aromatic rings. The third-order valence-electron chi connectivity index (χ3n) is 4.84. The van der Waals surface area contributed by atoms with Gasteiger partial charge in [-0.05, 0) is 36.1 Å². The second-order valence-corrected chi connectivity index (χ2v) is 7.09. The molecule has 28 heavy (non-hydrogen) atoms. The highest BCUT2D eigenvalue weighted by molar-refractivity contribution is 5.79. The molecule has 2 aromatic heterocycles. The van der Waals surface area contributed by atoms with Gasteiger partial charge in [-0.25, -0.2) is 4.68 Å². The molecule has 0 unspecified atom stereocenters. The largest absolute Gasteiger partial charge is 0.391 e. The highest BCUT2D eigenvalue weighted by Crippen LogP contribution is 2.25. The van der Waals surface area contributed by atoms with Gasteiger partial charge >= 0.3 is 0 Å². The monoisotopic (exact) mass is 390 g/mol. The number of aryl methyl sites for hydroxylation is 1. The fraction of sp³-hybridized carbons (Fsp3) is 0.647. The molecule has 3 rings (SSSR count). The Balaban J connectivity index is 1.42. The van der Waals surface area contributed by atoms with Crippen LogP contribution in [0.2, 0.25) is 0 Å². The molecule has 0 aliphatic heterocycles. The van der Waals surface area contributed by atoms with Crippen molar-refractivity contribution in [2.75, 3.05) is 0 Å². The zero-order valence-corrected chi connectivity index (χ0v) is 15.9. The van der Waals surface area contributed by atoms with Crippen molar-refractivity contribution in [2.45, 2.75) is 64.4 Å². The second kappa shape index (κ2) is 9.40. The number of carbonyl (C=O) groups excluding carboxylic acids is 2. The summed E-state index contributed by atoms with van der Waals surface area (Å²) in [6, 6.07) is -0.375. The van der Waals surface area contributed by atoms with Gasteiger partial charge in [-0.15, -0.1) is 5.10 Å². The van der Waals surface area contributed by atoms with Crippen molar-refractivity contribution < 1.29 is 14.7 Å². The van der Waals surface area contributed by atoms with E-state index in [1.165, 1.54) is 11.0 Å². The van der Waals surface area contributed by atoms with Gasteiger partial charge in [0.15, 0.2) is 0 Å². The number of hydrogen-bond donors (Lipinski definition) is 3. The van der Waals surface area contributed by atoms with Gasteiger partial charge in [0, 0.05) is 30.8 Å². The maximum atomic E-state index is 12.4. The minimum Gasteiger partial charge on any atom is -0.391 e. The Kier molecular flexibility index (Phi) is 6.69. The first-order valence-corrected chi connectivity index (χ1v) is 9.52. The minimum absolute atomic E-state index is 0.00809. The van der Waals surface area contributed by atoms with Crippen LogP contribution < -0.4 is 10.6 Å². The van der Waals surface area contributed by atoms with Crippen LogP contribution in [0.4, 0.5) is 0 Å². The number of nitrogens with one attached hydrogen (secondary N) is 2. The molecule has 0 radical (unpaired) electrons. The van der Waals surface area contributed by atoms with Crippen LogP contribution in [0, 0.1) is 5.92 Å². The van der Waals surface area contributed by atoms with E-state index >= 15 is 0 Å². The smallest absolute Gasteiger partial charge is 0.242 e. The number of rotatable bonds is 8. The van der Waals surface area contributed by atoms with E-state index in [4.69, 9.17) is 0 Å². The number of carbonyl (C=O) groups is 2. The van der Waals surface area contributed by atoms with Gasteiger partial charge in [-0.1, -0.05) is 6.92 Å². The predicted octanol–water partition coefficient (Wildman–Crippen LogP) is -0.758. The first-order valence-electron chi connectivity index (χ1n) is 9.52. The van der Waals surface area contributed by atoms with Gasteiger partial charge in [0.25, 0.3) is 0 Å². The zero-order valence-electron chi connectivity index (χ0n) is 15.9. The maximum absolute atomic E-state index is 12.4. The van der Waals surface area contributed by atoms with E-state index in [1.54, 1.807) is 6.20 Å². The average Bonchev–Trinajstić information content (AvgIpc) is 3.33. The quantitative estimate of drug-likeness (QED) is 0.538. The maximum Gasteiger partial charge on any atom is 0.242 e. The summed E-state index contributed by atoms with van der Waals surface area (Å²) in [5.41, 5.74) is 0.950. The summed E-state index contributed by atoms with van der Waals surface area (Å²) in [6.07, 6.45) is 6.72. The van der Waals surface area contributed by atoms with Crippen LogP contribution in [0.15, 0.2) is 18.7 Å². The summed E-state index contributed by atoms with van der Waals surface area (Å²) in [4.78, 5) is 24.4. The summed E-state index contributed by atoms with van der Waals surface area (Å²) < 4.78 is 3.16. The summed E-state index contributed by atoms with van der Waals surface area (Å²) in [5, 5.41) is 30.9. The van der Waals surface area contributed by atoms with E-state index < -0.39 is 6.10 Å². The van der Waals surface area contributed by atoms with Crippen molar-refractivity contribution in [3.8, 4) is 0 Å². The molecule has 2 heterocycles. The van der Waals surface area contributed by atoms with Crippen LogP contribution in [0.3, 0.4) is 0 Å². The zero-order chi connectivity index (χ0) is 19.9. The summed E-state index contributed by atoms with van der Waals surface area (Å²) >= 11 is 0. The molecule has 3 atom stereocenters. The van der Waals surface area contributed by atoms with Crippen molar-refractivity contribution in [1.29, 1.82) is 0 Å². The van der Waals surface area contributed by atoms with Gasteiger partial charge in [0.2, 0.25) is 11.8 Å². The Bertz CT molecular complexity index is 775. The van der Waals surface area contributed by atoms with Crippen LogP contribution in [-0.2, 0) is 29.2 Å². The molecular formula is C17H26N8O3. The lowest BCUT2D eigenvalue weighted by Gasteiger charge is -2.32. The first-order chi connectivity index (χ1) is 13.5. The molecular weight excluding hydrogens is 364 g/mol. The lowest BCUT2D eigenvalue weighted by Crippen LogP contribution is -2.49. The molecule has 1 fully saturated rings. The fourth-order valence-electron chi connectivity index (χ4n) is 3.39. The van der Waals surface area contributed by atoms with Gasteiger partial charge < -0.3 is 15.7 Å². The molecule has 0 aromatic carbocycles. The summed E-state index contributed by atoms with van der Waals surface area (Å²) in [6.45, 7) is 3.34. The predicted molar refractivity (Wildman–Crippen MR) is 97.5 cm³/mol. The van der Waals surface area contributed by atoms with Crippen LogP contribution in [0.5, 0.6) is 0 Å². The van der Waals surface area contributed by atoms with Crippen molar-refractivity contribution in [3.05, 3.63) is 24.3 Å². The van der Waals surface area contributed by atoms with E-state index in [-0.39, 0.29) is 30.3 Å². The van der Waals surface area contributed by atoms with Crippen molar-refractivity contribution in [1.82, 2.24) is 40.6 Å². The normalized spacial score (nSPS) is 22.0. The molecule has 11 heteroatoms. The van der Waals surface area contributed by atoms with Gasteiger partial charge in [0.05, 0.1) is 18.3 Å². The molecule has 11 nitrogen and oxygen atoms in total. The lowest BCUT2D eigenvalue weighted by molar-refractivity contribution is -0.128. The molecule has 2 amide bonds. The van der Waals surface area contributed by atoms with E-state index in [1.807, 2.05) is 10.9 Å². The summed E-state index contributed by atoms with van der Waals surface area (Å²) in [5.74, 6) is -0.627. The average molecular weight is 390 g/mol. The molecule has 3 N–H and O–H groups in total. The molecule has 0 saturated heterocycles. The molecule has 1 aliphatic rings. The Labute approximate surface area is 162 Å². The van der Waals surface area contributed by atoms with E-state index in [9.17, 15) is 14.7 Å². The number of aliphatic hydroxyl groups is 1. The third kappa shape index (κ3) is 5.35. The second-order valence-electron chi connectivity index (χ2n) is 7.09. The topological polar surface area (TPSA) is 140 Å². The first kappa shape index (κ1) is 19.9. The number of tetrazole rings is 1. The Hall–Kier alpha value is -2.82. The Morgan fingerprint density at radius 2 is 2.18 bits per heavy atom. The highest BCUT2D eigenvalue weighted by Gasteiger charge is 2.33. The molecule has 1 aliphatic carbocycles. The number of aliphatic hydroxyl groups excluding tert-OH is 1. The number of aromatic nitrogens is 6. The number of amides is 2. The van der Waals surface area contributed by atoms with Crippen LogP contribution in [0.25, 0.3) is 0 Å². The fourth-order valence-corrected chi connectivity index (χ4v) is 3.39. The van der Waals surface area contributed by atoms with E-state index in [2.05, 4.69) is 38.2 Å². The van der Waals surface area contributed by atoms with Crippen molar-refractivity contribution in [3.63, 3.8) is 0 Å². The van der Waals surface area contributed by atoms with Crippen LogP contribution in [0.1, 0.15) is 38.2 Å². The molecule has 152 valence electrons. The van der Waals surface area contributed by atoms with Gasteiger partial charge in [0.1, 0.15) is 12.9 Å². The van der Waals surface area contributed by atoms with Crippen LogP contribution >= 0.6 is 0 Å².